The van der Waals surface area contributed by atoms with Crippen molar-refractivity contribution in [2.24, 2.45) is 5.10 Å². The molecule has 0 saturated carbocycles. The molecule has 0 aromatic heterocycles. The third kappa shape index (κ3) is 6.29. The second kappa shape index (κ2) is 10.6. The molecular weight excluding hydrogens is 412 g/mol. The molecule has 0 radical (unpaired) electrons. The second-order valence-corrected chi connectivity index (χ2v) is 6.40. The molecule has 0 saturated heterocycles. The minimum atomic E-state index is -0.342. The van der Waals surface area contributed by atoms with E-state index in [1.54, 1.807) is 13.2 Å². The Morgan fingerprint density at radius 3 is 2.74 bits per heavy atom. The summed E-state index contributed by atoms with van der Waals surface area (Å²) >= 11 is 3.45. The largest absolute Gasteiger partial charge is 0.493 e. The molecule has 1 amide bonds. The van der Waals surface area contributed by atoms with Crippen LogP contribution < -0.4 is 19.6 Å². The molecule has 6 nitrogen and oxygen atoms in total. The summed E-state index contributed by atoms with van der Waals surface area (Å²) in [7, 11) is 1.57. The van der Waals surface area contributed by atoms with Crippen molar-refractivity contribution in [3.8, 4) is 17.2 Å². The lowest BCUT2D eigenvalue weighted by atomic mass is 10.2. The van der Waals surface area contributed by atoms with E-state index in [4.69, 9.17) is 14.2 Å². The Hall–Kier alpha value is -2.54. The molecular formula is C20H23BrN2O4. The van der Waals surface area contributed by atoms with Crippen molar-refractivity contribution in [2.75, 3.05) is 20.3 Å². The number of methoxy groups -OCH3 is 1. The molecule has 1 N–H and O–H groups in total. The molecule has 0 unspecified atom stereocenters. The molecule has 0 aliphatic carbocycles. The van der Waals surface area contributed by atoms with Crippen LogP contribution in [0.4, 0.5) is 0 Å². The van der Waals surface area contributed by atoms with Gasteiger partial charge in [-0.2, -0.15) is 5.10 Å². The first-order valence-electron chi connectivity index (χ1n) is 8.61. The maximum atomic E-state index is 11.9. The Kier molecular flexibility index (Phi) is 8.13. The zero-order valence-electron chi connectivity index (χ0n) is 15.6. The van der Waals surface area contributed by atoms with Crippen molar-refractivity contribution < 1.29 is 19.0 Å². The highest BCUT2D eigenvalue weighted by Gasteiger charge is 2.10. The lowest BCUT2D eigenvalue weighted by Crippen LogP contribution is -2.24. The number of hydrazone groups is 1. The van der Waals surface area contributed by atoms with E-state index in [9.17, 15) is 4.79 Å². The van der Waals surface area contributed by atoms with E-state index in [-0.39, 0.29) is 12.5 Å². The predicted molar refractivity (Wildman–Crippen MR) is 109 cm³/mol. The van der Waals surface area contributed by atoms with Crippen molar-refractivity contribution in [3.63, 3.8) is 0 Å². The summed E-state index contributed by atoms with van der Waals surface area (Å²) in [6, 6.07) is 11.3. The molecule has 0 fully saturated rings. The van der Waals surface area contributed by atoms with Gasteiger partial charge >= 0.3 is 0 Å². The number of aryl methyl sites for hydroxylation is 1. The van der Waals surface area contributed by atoms with E-state index >= 15 is 0 Å². The fourth-order valence-corrected chi connectivity index (χ4v) is 2.89. The van der Waals surface area contributed by atoms with Gasteiger partial charge in [0.2, 0.25) is 0 Å². The van der Waals surface area contributed by atoms with Crippen molar-refractivity contribution in [1.29, 1.82) is 0 Å². The molecule has 2 rings (SSSR count). The number of hydrogen-bond donors (Lipinski definition) is 1. The quantitative estimate of drug-likeness (QED) is 0.479. The predicted octanol–water partition coefficient (Wildman–Crippen LogP) is 3.95. The van der Waals surface area contributed by atoms with Crippen LogP contribution in [0.5, 0.6) is 17.2 Å². The number of carbonyl (C=O) groups is 1. The number of ether oxygens (including phenoxy) is 3. The summed E-state index contributed by atoms with van der Waals surface area (Å²) in [5.74, 6) is 1.53. The Bertz CT molecular complexity index is 809. The lowest BCUT2D eigenvalue weighted by molar-refractivity contribution is -0.123. The third-order valence-corrected chi connectivity index (χ3v) is 4.21. The minimum absolute atomic E-state index is 0.110. The number of rotatable bonds is 9. The van der Waals surface area contributed by atoms with Gasteiger partial charge in [0, 0.05) is 0 Å². The SMILES string of the molecule is CCOc1c(Br)cc(/C=N/NC(=O)COc2cccc(CC)c2)cc1OC. The van der Waals surface area contributed by atoms with Gasteiger partial charge in [-0.25, -0.2) is 5.43 Å². The molecule has 0 aliphatic heterocycles. The number of nitrogens with one attached hydrogen (secondary N) is 1. The zero-order valence-corrected chi connectivity index (χ0v) is 17.2. The van der Waals surface area contributed by atoms with Gasteiger partial charge in [0.25, 0.3) is 5.91 Å². The molecule has 0 aliphatic rings. The number of benzene rings is 2. The molecule has 144 valence electrons. The molecule has 27 heavy (non-hydrogen) atoms. The lowest BCUT2D eigenvalue weighted by Gasteiger charge is -2.12. The summed E-state index contributed by atoms with van der Waals surface area (Å²) in [5, 5.41) is 3.96. The normalized spacial score (nSPS) is 10.7. The fourth-order valence-electron chi connectivity index (χ4n) is 2.31. The maximum Gasteiger partial charge on any atom is 0.277 e. The van der Waals surface area contributed by atoms with E-state index in [1.807, 2.05) is 37.3 Å². The summed E-state index contributed by atoms with van der Waals surface area (Å²) < 4.78 is 17.1. The standard InChI is InChI=1S/C20H23BrN2O4/c1-4-14-7-6-8-16(9-14)27-13-19(24)23-22-12-15-10-17(21)20(26-5-2)18(11-15)25-3/h6-12H,4-5,13H2,1-3H3,(H,23,24)/b22-12+. The van der Waals surface area contributed by atoms with Gasteiger partial charge in [0.1, 0.15) is 5.75 Å². The van der Waals surface area contributed by atoms with Crippen LogP contribution in [0.25, 0.3) is 0 Å². The van der Waals surface area contributed by atoms with Gasteiger partial charge in [0.15, 0.2) is 18.1 Å². The van der Waals surface area contributed by atoms with Crippen LogP contribution in [0.1, 0.15) is 25.0 Å². The average Bonchev–Trinajstić information content (AvgIpc) is 2.68. The Labute approximate surface area is 167 Å². The molecule has 0 atom stereocenters. The van der Waals surface area contributed by atoms with Gasteiger partial charge in [-0.1, -0.05) is 19.1 Å². The fraction of sp³-hybridized carbons (Fsp3) is 0.300. The molecule has 0 bridgehead atoms. The number of carbonyl (C=O) groups excluding carboxylic acids is 1. The van der Waals surface area contributed by atoms with E-state index in [0.29, 0.717) is 23.9 Å². The van der Waals surface area contributed by atoms with Crippen molar-refractivity contribution in [1.82, 2.24) is 5.43 Å². The Balaban J connectivity index is 1.92. The zero-order chi connectivity index (χ0) is 19.6. The molecule has 2 aromatic rings. The topological polar surface area (TPSA) is 69.2 Å². The molecule has 0 spiro atoms. The summed E-state index contributed by atoms with van der Waals surface area (Å²) in [5.41, 5.74) is 4.35. The highest BCUT2D eigenvalue weighted by atomic mass is 79.9. The smallest absolute Gasteiger partial charge is 0.277 e. The summed E-state index contributed by atoms with van der Waals surface area (Å²) in [6.45, 7) is 4.38. The molecule has 2 aromatic carbocycles. The van der Waals surface area contributed by atoms with Crippen LogP contribution in [0, 0.1) is 0 Å². The van der Waals surface area contributed by atoms with Crippen LogP contribution in [0.15, 0.2) is 46.0 Å². The monoisotopic (exact) mass is 434 g/mol. The van der Waals surface area contributed by atoms with Crippen LogP contribution in [0.3, 0.4) is 0 Å². The van der Waals surface area contributed by atoms with Crippen molar-refractivity contribution in [2.45, 2.75) is 20.3 Å². The van der Waals surface area contributed by atoms with Crippen molar-refractivity contribution in [3.05, 3.63) is 52.0 Å². The van der Waals surface area contributed by atoms with Crippen LogP contribution >= 0.6 is 15.9 Å². The molecule has 7 heteroatoms. The van der Waals surface area contributed by atoms with Crippen LogP contribution in [-0.2, 0) is 11.2 Å². The highest BCUT2D eigenvalue weighted by Crippen LogP contribution is 2.36. The van der Waals surface area contributed by atoms with E-state index in [2.05, 4.69) is 33.4 Å². The Morgan fingerprint density at radius 1 is 1.22 bits per heavy atom. The van der Waals surface area contributed by atoms with Crippen LogP contribution in [0.2, 0.25) is 0 Å². The van der Waals surface area contributed by atoms with E-state index < -0.39 is 0 Å². The first kappa shape index (κ1) is 20.8. The van der Waals surface area contributed by atoms with Gasteiger partial charge in [0.05, 0.1) is 24.4 Å². The summed E-state index contributed by atoms with van der Waals surface area (Å²) in [6.07, 6.45) is 2.44. The van der Waals surface area contributed by atoms with E-state index in [0.717, 1.165) is 22.0 Å². The second-order valence-electron chi connectivity index (χ2n) is 5.55. The number of nitrogens with zero attached hydrogens (tertiary/aromatic N) is 1. The average molecular weight is 435 g/mol. The number of amides is 1. The Morgan fingerprint density at radius 2 is 2.04 bits per heavy atom. The van der Waals surface area contributed by atoms with Crippen LogP contribution in [-0.4, -0.2) is 32.4 Å². The first-order valence-corrected chi connectivity index (χ1v) is 9.40. The minimum Gasteiger partial charge on any atom is -0.493 e. The third-order valence-electron chi connectivity index (χ3n) is 3.62. The maximum absolute atomic E-state index is 11.9. The van der Waals surface area contributed by atoms with Gasteiger partial charge < -0.3 is 14.2 Å². The molecule has 0 heterocycles. The summed E-state index contributed by atoms with van der Waals surface area (Å²) in [4.78, 5) is 11.9. The number of halogens is 1. The van der Waals surface area contributed by atoms with Gasteiger partial charge in [-0.15, -0.1) is 0 Å². The number of hydrogen-bond acceptors (Lipinski definition) is 5. The van der Waals surface area contributed by atoms with Crippen molar-refractivity contribution >= 4 is 28.1 Å². The van der Waals surface area contributed by atoms with Gasteiger partial charge in [-0.05, 0) is 64.7 Å². The first-order chi connectivity index (χ1) is 13.1. The highest BCUT2D eigenvalue weighted by molar-refractivity contribution is 9.10. The van der Waals surface area contributed by atoms with Gasteiger partial charge in [-0.3, -0.25) is 4.79 Å². The van der Waals surface area contributed by atoms with E-state index in [1.165, 1.54) is 6.21 Å².